The van der Waals surface area contributed by atoms with Gasteiger partial charge in [-0.15, -0.1) is 0 Å². The van der Waals surface area contributed by atoms with Crippen LogP contribution in [0.4, 0.5) is 0 Å². The van der Waals surface area contributed by atoms with Crippen molar-refractivity contribution in [2.24, 2.45) is 0 Å². The smallest absolute Gasteiger partial charge is 0.176 e. The van der Waals surface area contributed by atoms with E-state index in [1.54, 1.807) is 7.11 Å². The molecular formula is C27H32N2O2. The number of piperazine rings is 1. The molecule has 1 aliphatic heterocycles. The van der Waals surface area contributed by atoms with Crippen LogP contribution in [0.25, 0.3) is 10.8 Å². The van der Waals surface area contributed by atoms with Crippen molar-refractivity contribution in [3.8, 4) is 5.75 Å². The quantitative estimate of drug-likeness (QED) is 0.375. The lowest BCUT2D eigenvalue weighted by Gasteiger charge is -2.34. The van der Waals surface area contributed by atoms with Crippen molar-refractivity contribution >= 4 is 16.6 Å². The van der Waals surface area contributed by atoms with Gasteiger partial charge in [0.25, 0.3) is 0 Å². The monoisotopic (exact) mass is 416 g/mol. The third-order valence-corrected chi connectivity index (χ3v) is 6.29. The third-order valence-electron chi connectivity index (χ3n) is 6.29. The van der Waals surface area contributed by atoms with E-state index in [4.69, 9.17) is 4.74 Å². The van der Waals surface area contributed by atoms with Crippen molar-refractivity contribution < 1.29 is 9.53 Å². The van der Waals surface area contributed by atoms with E-state index in [2.05, 4.69) is 52.3 Å². The first-order valence-electron chi connectivity index (χ1n) is 11.3. The molecule has 0 aromatic heterocycles. The number of carbonyl (C=O) groups excluding carboxylic acids is 1. The van der Waals surface area contributed by atoms with Crippen LogP contribution in [0.15, 0.2) is 66.7 Å². The molecule has 0 N–H and O–H groups in total. The van der Waals surface area contributed by atoms with Gasteiger partial charge in [0.1, 0.15) is 5.75 Å². The minimum Gasteiger partial charge on any atom is -0.497 e. The maximum atomic E-state index is 12.5. The van der Waals surface area contributed by atoms with Crippen molar-refractivity contribution in [3.63, 3.8) is 0 Å². The van der Waals surface area contributed by atoms with E-state index in [-0.39, 0.29) is 5.78 Å². The molecule has 3 aromatic carbocycles. The molecule has 0 spiro atoms. The average Bonchev–Trinajstić information content (AvgIpc) is 2.83. The van der Waals surface area contributed by atoms with Crippen LogP contribution < -0.4 is 4.74 Å². The zero-order valence-electron chi connectivity index (χ0n) is 18.4. The number of unbranched alkanes of at least 4 members (excludes halogenated alkanes) is 1. The van der Waals surface area contributed by atoms with E-state index in [0.717, 1.165) is 50.5 Å². The molecule has 4 nitrogen and oxygen atoms in total. The number of hydrogen-bond acceptors (Lipinski definition) is 4. The Kier molecular flexibility index (Phi) is 7.34. The van der Waals surface area contributed by atoms with E-state index >= 15 is 0 Å². The van der Waals surface area contributed by atoms with Crippen LogP contribution in [0.3, 0.4) is 0 Å². The Labute approximate surface area is 185 Å². The average molecular weight is 417 g/mol. The zero-order chi connectivity index (χ0) is 21.5. The second-order valence-electron chi connectivity index (χ2n) is 8.36. The van der Waals surface area contributed by atoms with Crippen molar-refractivity contribution in [3.05, 3.63) is 77.9 Å². The number of methoxy groups -OCH3 is 1. The molecule has 1 fully saturated rings. The van der Waals surface area contributed by atoms with Crippen LogP contribution in [-0.2, 0) is 6.42 Å². The van der Waals surface area contributed by atoms with Crippen molar-refractivity contribution in [1.82, 2.24) is 9.80 Å². The molecule has 0 atom stereocenters. The van der Waals surface area contributed by atoms with Gasteiger partial charge in [-0.3, -0.25) is 9.69 Å². The minimum atomic E-state index is 0.186. The van der Waals surface area contributed by atoms with Gasteiger partial charge in [0.2, 0.25) is 0 Å². The standard InChI is InChI=1S/C27H32N2O2/c1-31-25-14-12-24(13-15-25)27(30)21-29-19-17-28(18-20-29)16-5-4-8-23-10-6-9-22-7-2-3-11-26(22)23/h2-3,6-7,9-15H,4-5,8,16-21H2,1H3. The minimum absolute atomic E-state index is 0.186. The van der Waals surface area contributed by atoms with E-state index in [9.17, 15) is 4.79 Å². The number of fused-ring (bicyclic) bond motifs is 1. The summed E-state index contributed by atoms with van der Waals surface area (Å²) in [5.74, 6) is 0.969. The molecule has 0 aliphatic carbocycles. The van der Waals surface area contributed by atoms with Gasteiger partial charge < -0.3 is 9.64 Å². The van der Waals surface area contributed by atoms with Gasteiger partial charge in [-0.2, -0.15) is 0 Å². The predicted molar refractivity (Wildman–Crippen MR) is 127 cm³/mol. The van der Waals surface area contributed by atoms with Crippen LogP contribution in [0.2, 0.25) is 0 Å². The number of nitrogens with zero attached hydrogens (tertiary/aromatic N) is 2. The Morgan fingerprint density at radius 1 is 0.839 bits per heavy atom. The first kappa shape index (κ1) is 21.5. The van der Waals surface area contributed by atoms with Crippen molar-refractivity contribution in [2.75, 3.05) is 46.4 Å². The number of aryl methyl sites for hydroxylation is 1. The molecule has 1 heterocycles. The Morgan fingerprint density at radius 2 is 1.55 bits per heavy atom. The lowest BCUT2D eigenvalue weighted by atomic mass is 10.00. The second-order valence-corrected chi connectivity index (χ2v) is 8.36. The fraction of sp³-hybridized carbons (Fsp3) is 0.370. The topological polar surface area (TPSA) is 32.8 Å². The zero-order valence-corrected chi connectivity index (χ0v) is 18.4. The second kappa shape index (κ2) is 10.6. The highest BCUT2D eigenvalue weighted by Gasteiger charge is 2.19. The van der Waals surface area contributed by atoms with Crippen LogP contribution in [0, 0.1) is 0 Å². The third kappa shape index (κ3) is 5.72. The summed E-state index contributed by atoms with van der Waals surface area (Å²) in [6.45, 7) is 5.66. The number of carbonyl (C=O) groups is 1. The summed E-state index contributed by atoms with van der Waals surface area (Å²) in [6.07, 6.45) is 3.57. The summed E-state index contributed by atoms with van der Waals surface area (Å²) in [7, 11) is 1.64. The number of hydrogen-bond donors (Lipinski definition) is 0. The van der Waals surface area contributed by atoms with Gasteiger partial charge in [0.05, 0.1) is 13.7 Å². The van der Waals surface area contributed by atoms with Gasteiger partial charge in [0, 0.05) is 31.7 Å². The summed E-state index contributed by atoms with van der Waals surface area (Å²) in [6, 6.07) is 22.7. The van der Waals surface area contributed by atoms with Gasteiger partial charge in [0.15, 0.2) is 5.78 Å². The van der Waals surface area contributed by atoms with Crippen LogP contribution >= 0.6 is 0 Å². The molecule has 0 bridgehead atoms. The van der Waals surface area contributed by atoms with Crippen LogP contribution in [0.1, 0.15) is 28.8 Å². The lowest BCUT2D eigenvalue weighted by molar-refractivity contribution is 0.0851. The molecular weight excluding hydrogens is 384 g/mol. The molecule has 0 saturated carbocycles. The predicted octanol–water partition coefficient (Wildman–Crippen LogP) is 4.67. The highest BCUT2D eigenvalue weighted by atomic mass is 16.5. The Morgan fingerprint density at radius 3 is 2.32 bits per heavy atom. The van der Waals surface area contributed by atoms with Gasteiger partial charge in [-0.1, -0.05) is 42.5 Å². The normalized spacial score (nSPS) is 15.3. The first-order chi connectivity index (χ1) is 15.2. The highest BCUT2D eigenvalue weighted by molar-refractivity contribution is 5.97. The van der Waals surface area contributed by atoms with Gasteiger partial charge in [-0.25, -0.2) is 0 Å². The Bertz CT molecular complexity index is 986. The molecule has 31 heavy (non-hydrogen) atoms. The summed E-state index contributed by atoms with van der Waals surface area (Å²) >= 11 is 0. The summed E-state index contributed by atoms with van der Waals surface area (Å²) in [5.41, 5.74) is 2.22. The van der Waals surface area contributed by atoms with Gasteiger partial charge in [-0.05, 0) is 66.4 Å². The van der Waals surface area contributed by atoms with E-state index in [0.29, 0.717) is 6.54 Å². The SMILES string of the molecule is COc1ccc(C(=O)CN2CCN(CCCCc3cccc4ccccc34)CC2)cc1. The van der Waals surface area contributed by atoms with Crippen LogP contribution in [0.5, 0.6) is 5.75 Å². The molecule has 0 amide bonds. The number of Topliss-reactive ketones (excluding diaryl/α,β-unsaturated/α-hetero) is 1. The maximum absolute atomic E-state index is 12.5. The Hall–Kier alpha value is -2.69. The maximum Gasteiger partial charge on any atom is 0.176 e. The lowest BCUT2D eigenvalue weighted by Crippen LogP contribution is -2.48. The van der Waals surface area contributed by atoms with Gasteiger partial charge >= 0.3 is 0 Å². The molecule has 162 valence electrons. The number of ketones is 1. The van der Waals surface area contributed by atoms with E-state index in [1.807, 2.05) is 24.3 Å². The van der Waals surface area contributed by atoms with Crippen molar-refractivity contribution in [2.45, 2.75) is 19.3 Å². The molecule has 1 saturated heterocycles. The van der Waals surface area contributed by atoms with E-state index < -0.39 is 0 Å². The van der Waals surface area contributed by atoms with Crippen molar-refractivity contribution in [1.29, 1.82) is 0 Å². The number of benzene rings is 3. The molecule has 3 aromatic rings. The summed E-state index contributed by atoms with van der Waals surface area (Å²) in [5, 5.41) is 2.72. The molecule has 4 rings (SSSR count). The highest BCUT2D eigenvalue weighted by Crippen LogP contribution is 2.20. The Balaban J connectivity index is 1.17. The molecule has 4 heteroatoms. The molecule has 0 radical (unpaired) electrons. The fourth-order valence-electron chi connectivity index (χ4n) is 4.40. The fourth-order valence-corrected chi connectivity index (χ4v) is 4.40. The first-order valence-corrected chi connectivity index (χ1v) is 11.3. The largest absolute Gasteiger partial charge is 0.497 e. The number of rotatable bonds is 9. The van der Waals surface area contributed by atoms with Crippen LogP contribution in [-0.4, -0.2) is 62.0 Å². The molecule has 1 aliphatic rings. The summed E-state index contributed by atoms with van der Waals surface area (Å²) < 4.78 is 5.17. The molecule has 0 unspecified atom stereocenters. The van der Waals surface area contributed by atoms with E-state index in [1.165, 1.54) is 29.2 Å². The number of ether oxygens (including phenoxy) is 1. The summed E-state index contributed by atoms with van der Waals surface area (Å²) in [4.78, 5) is 17.4.